The lowest BCUT2D eigenvalue weighted by Gasteiger charge is -2.24. The summed E-state index contributed by atoms with van der Waals surface area (Å²) < 4.78 is 31.5. The van der Waals surface area contributed by atoms with Gasteiger partial charge in [0.05, 0.1) is 27.6 Å². The number of hydrogen-bond acceptors (Lipinski definition) is 6. The third-order valence-corrected chi connectivity index (χ3v) is 5.41. The molecule has 1 fully saturated rings. The first kappa shape index (κ1) is 20.9. The number of carbonyl (C=O) groups is 2. The number of nitrogens with one attached hydrogen (secondary N) is 2. The Morgan fingerprint density at radius 3 is 2.38 bits per heavy atom. The normalized spacial score (nSPS) is 20.9. The molecule has 0 spiro atoms. The van der Waals surface area contributed by atoms with Crippen LogP contribution in [0.4, 0.5) is 4.79 Å². The Labute approximate surface area is 161 Å². The second-order valence-corrected chi connectivity index (χ2v) is 10.6. The van der Waals surface area contributed by atoms with Crippen molar-refractivity contribution in [2.24, 2.45) is 0 Å². The number of rotatable bonds is 4. The largest absolute Gasteiger partial charge is 0.444 e. The Balaban J connectivity index is 2.12. The number of likely N-dealkylation sites (tertiary alicyclic amines) is 1. The number of thiophene rings is 1. The molecule has 1 unspecified atom stereocenters. The maximum Gasteiger partial charge on any atom is 0.410 e. The van der Waals surface area contributed by atoms with Crippen LogP contribution in [-0.2, 0) is 14.8 Å². The second kappa shape index (κ2) is 7.71. The SMILES string of the molecule is CC(C)(C)OC(=O)N1CC(NS(C)(=O)=O)[C@@H](NC(=O)c2ccc(Cl)s2)C1. The fraction of sp³-hybridized carbons (Fsp3) is 0.600. The number of carbonyl (C=O) groups excluding carboxylic acids is 2. The molecule has 8 nitrogen and oxygen atoms in total. The minimum absolute atomic E-state index is 0.0954. The van der Waals surface area contributed by atoms with Gasteiger partial charge in [-0.1, -0.05) is 11.6 Å². The van der Waals surface area contributed by atoms with Gasteiger partial charge in [-0.25, -0.2) is 17.9 Å². The lowest BCUT2D eigenvalue weighted by Crippen LogP contribution is -2.50. The molecule has 2 rings (SSSR count). The fourth-order valence-electron chi connectivity index (χ4n) is 2.50. The molecule has 1 saturated heterocycles. The van der Waals surface area contributed by atoms with Gasteiger partial charge in [-0.05, 0) is 32.9 Å². The first-order valence-corrected chi connectivity index (χ1v) is 10.9. The molecule has 1 aromatic rings. The van der Waals surface area contributed by atoms with Gasteiger partial charge in [0.1, 0.15) is 5.60 Å². The van der Waals surface area contributed by atoms with Gasteiger partial charge < -0.3 is 15.0 Å². The van der Waals surface area contributed by atoms with Gasteiger partial charge in [0.25, 0.3) is 5.91 Å². The highest BCUT2D eigenvalue weighted by Gasteiger charge is 2.39. The molecular formula is C15H22ClN3O5S2. The zero-order valence-electron chi connectivity index (χ0n) is 14.9. The number of sulfonamides is 1. The standard InChI is InChI=1S/C15H22ClN3O5S2/c1-15(2,3)24-14(21)19-7-9(10(8-19)18-26(4,22)23)17-13(20)11-5-6-12(16)25-11/h5-6,9-10,18H,7-8H2,1-4H3,(H,17,20)/t9-,10?/m0/s1. The van der Waals surface area contributed by atoms with Crippen LogP contribution in [0.25, 0.3) is 0 Å². The third kappa shape index (κ3) is 6.11. The van der Waals surface area contributed by atoms with Crippen LogP contribution in [0.15, 0.2) is 12.1 Å². The first-order chi connectivity index (χ1) is 11.8. The van der Waals surface area contributed by atoms with Crippen molar-refractivity contribution in [1.29, 1.82) is 0 Å². The Morgan fingerprint density at radius 2 is 1.88 bits per heavy atom. The number of amides is 2. The first-order valence-electron chi connectivity index (χ1n) is 7.85. The summed E-state index contributed by atoms with van der Waals surface area (Å²) >= 11 is 6.96. The molecule has 2 N–H and O–H groups in total. The molecule has 11 heteroatoms. The van der Waals surface area contributed by atoms with Crippen molar-refractivity contribution in [3.8, 4) is 0 Å². The number of hydrogen-bond donors (Lipinski definition) is 2. The van der Waals surface area contributed by atoms with Crippen molar-refractivity contribution in [2.75, 3.05) is 19.3 Å². The van der Waals surface area contributed by atoms with E-state index in [-0.39, 0.29) is 19.0 Å². The summed E-state index contributed by atoms with van der Waals surface area (Å²) in [6.45, 7) is 5.46. The summed E-state index contributed by atoms with van der Waals surface area (Å²) in [7, 11) is -3.52. The van der Waals surface area contributed by atoms with Gasteiger partial charge in [-0.15, -0.1) is 11.3 Å². The zero-order valence-corrected chi connectivity index (χ0v) is 17.3. The molecule has 0 aromatic carbocycles. The minimum atomic E-state index is -3.52. The van der Waals surface area contributed by atoms with Crippen LogP contribution in [0.5, 0.6) is 0 Å². The van der Waals surface area contributed by atoms with E-state index < -0.39 is 33.8 Å². The molecule has 1 aliphatic rings. The van der Waals surface area contributed by atoms with Crippen LogP contribution in [0.2, 0.25) is 4.34 Å². The molecule has 2 heterocycles. The van der Waals surface area contributed by atoms with Crippen LogP contribution >= 0.6 is 22.9 Å². The Hall–Kier alpha value is -1.36. The highest BCUT2D eigenvalue weighted by molar-refractivity contribution is 7.88. The molecular weight excluding hydrogens is 402 g/mol. The second-order valence-electron chi connectivity index (χ2n) is 7.07. The van der Waals surface area contributed by atoms with Gasteiger partial charge in [0, 0.05) is 13.1 Å². The minimum Gasteiger partial charge on any atom is -0.444 e. The van der Waals surface area contributed by atoms with Gasteiger partial charge in [0.15, 0.2) is 0 Å². The quantitative estimate of drug-likeness (QED) is 0.766. The van der Waals surface area contributed by atoms with Crippen molar-refractivity contribution in [2.45, 2.75) is 38.5 Å². The summed E-state index contributed by atoms with van der Waals surface area (Å²) in [5, 5.41) is 2.77. The Kier molecular flexibility index (Phi) is 6.21. The Bertz CT molecular complexity index is 787. The number of nitrogens with zero attached hydrogens (tertiary/aromatic N) is 1. The summed E-state index contributed by atoms with van der Waals surface area (Å²) in [6, 6.07) is 1.94. The molecule has 0 aliphatic carbocycles. The zero-order chi connectivity index (χ0) is 19.7. The van der Waals surface area contributed by atoms with Crippen molar-refractivity contribution in [3.63, 3.8) is 0 Å². The molecule has 0 saturated carbocycles. The molecule has 2 atom stereocenters. The lowest BCUT2D eigenvalue weighted by molar-refractivity contribution is 0.0287. The molecule has 1 aromatic heterocycles. The van der Waals surface area contributed by atoms with Crippen molar-refractivity contribution < 1.29 is 22.7 Å². The van der Waals surface area contributed by atoms with E-state index in [1.165, 1.54) is 4.90 Å². The number of halogens is 1. The highest BCUT2D eigenvalue weighted by atomic mass is 35.5. The van der Waals surface area contributed by atoms with E-state index in [0.29, 0.717) is 9.21 Å². The molecule has 0 radical (unpaired) electrons. The van der Waals surface area contributed by atoms with Crippen LogP contribution < -0.4 is 10.0 Å². The van der Waals surface area contributed by atoms with E-state index in [2.05, 4.69) is 10.0 Å². The van der Waals surface area contributed by atoms with E-state index >= 15 is 0 Å². The van der Waals surface area contributed by atoms with Crippen molar-refractivity contribution in [1.82, 2.24) is 14.9 Å². The summed E-state index contributed by atoms with van der Waals surface area (Å²) in [6.07, 6.45) is 0.467. The molecule has 0 bridgehead atoms. The smallest absolute Gasteiger partial charge is 0.410 e. The van der Waals surface area contributed by atoms with Crippen LogP contribution in [0, 0.1) is 0 Å². The van der Waals surface area contributed by atoms with E-state index in [1.54, 1.807) is 32.9 Å². The fourth-order valence-corrected chi connectivity index (χ4v) is 4.23. The molecule has 1 aliphatic heterocycles. The van der Waals surface area contributed by atoms with Gasteiger partial charge >= 0.3 is 6.09 Å². The predicted molar refractivity (Wildman–Crippen MR) is 100 cm³/mol. The molecule has 26 heavy (non-hydrogen) atoms. The highest BCUT2D eigenvalue weighted by Crippen LogP contribution is 2.22. The van der Waals surface area contributed by atoms with E-state index in [1.807, 2.05) is 0 Å². The maximum absolute atomic E-state index is 12.4. The topological polar surface area (TPSA) is 105 Å². The van der Waals surface area contributed by atoms with E-state index in [9.17, 15) is 18.0 Å². The van der Waals surface area contributed by atoms with Crippen LogP contribution in [0.3, 0.4) is 0 Å². The Morgan fingerprint density at radius 1 is 1.27 bits per heavy atom. The van der Waals surface area contributed by atoms with Crippen molar-refractivity contribution in [3.05, 3.63) is 21.3 Å². The number of ether oxygens (including phenoxy) is 1. The van der Waals surface area contributed by atoms with Gasteiger partial charge in [-0.2, -0.15) is 0 Å². The molecule has 146 valence electrons. The van der Waals surface area contributed by atoms with E-state index in [0.717, 1.165) is 17.6 Å². The van der Waals surface area contributed by atoms with Crippen LogP contribution in [0.1, 0.15) is 30.4 Å². The monoisotopic (exact) mass is 423 g/mol. The molecule has 2 amide bonds. The summed E-state index contributed by atoms with van der Waals surface area (Å²) in [5.74, 6) is -0.377. The average molecular weight is 424 g/mol. The van der Waals surface area contributed by atoms with Gasteiger partial charge in [-0.3, -0.25) is 4.79 Å². The third-order valence-electron chi connectivity index (χ3n) is 3.45. The maximum atomic E-state index is 12.4. The van der Waals surface area contributed by atoms with Crippen LogP contribution in [-0.4, -0.2) is 62.3 Å². The van der Waals surface area contributed by atoms with Gasteiger partial charge in [0.2, 0.25) is 10.0 Å². The van der Waals surface area contributed by atoms with Crippen molar-refractivity contribution >= 4 is 45.0 Å². The summed E-state index contributed by atoms with van der Waals surface area (Å²) in [4.78, 5) is 26.4. The predicted octanol–water partition coefficient (Wildman–Crippen LogP) is 1.67. The summed E-state index contributed by atoms with van der Waals surface area (Å²) in [5.41, 5.74) is -0.675. The van der Waals surface area contributed by atoms with E-state index in [4.69, 9.17) is 16.3 Å². The lowest BCUT2D eigenvalue weighted by atomic mass is 10.2. The average Bonchev–Trinajstić information content (AvgIpc) is 3.02.